The first kappa shape index (κ1) is 10.3. The Kier molecular flexibility index (Phi) is 2.83. The van der Waals surface area contributed by atoms with Gasteiger partial charge in [-0.05, 0) is 19.1 Å². The molecule has 78 valence electrons. The topological polar surface area (TPSA) is 64.9 Å². The number of nitrogens with zero attached hydrogens (tertiary/aromatic N) is 2. The Balaban J connectivity index is 2.48. The third kappa shape index (κ3) is 2.08. The van der Waals surface area contributed by atoms with Gasteiger partial charge < -0.3 is 10.3 Å². The van der Waals surface area contributed by atoms with Gasteiger partial charge in [0.25, 0.3) is 0 Å². The summed E-state index contributed by atoms with van der Waals surface area (Å²) in [6, 6.07) is 5.97. The zero-order chi connectivity index (χ0) is 10.8. The molecule has 0 aliphatic rings. The second-order valence-electron chi connectivity index (χ2n) is 3.20. The highest BCUT2D eigenvalue weighted by Gasteiger charge is 2.10. The van der Waals surface area contributed by atoms with E-state index in [1.807, 2.05) is 25.1 Å². The Hall–Kier alpha value is -1.20. The van der Waals surface area contributed by atoms with Crippen LogP contribution in [0.15, 0.2) is 27.2 Å². The molecule has 0 fully saturated rings. The first-order chi connectivity index (χ1) is 7.20. The van der Waals surface area contributed by atoms with E-state index in [0.29, 0.717) is 11.7 Å². The van der Waals surface area contributed by atoms with Gasteiger partial charge >= 0.3 is 0 Å². The van der Waals surface area contributed by atoms with Crippen LogP contribution in [0.25, 0.3) is 11.4 Å². The highest BCUT2D eigenvalue weighted by atomic mass is 79.9. The lowest BCUT2D eigenvalue weighted by molar-refractivity contribution is 0.380. The minimum atomic E-state index is 0.260. The Morgan fingerprint density at radius 3 is 2.93 bits per heavy atom. The number of aryl methyl sites for hydroxylation is 1. The maximum absolute atomic E-state index is 5.40. The lowest BCUT2D eigenvalue weighted by Gasteiger charge is -1.99. The van der Waals surface area contributed by atoms with Crippen LogP contribution in [0.3, 0.4) is 0 Å². The molecule has 2 N–H and O–H groups in total. The lowest BCUT2D eigenvalue weighted by Crippen LogP contribution is -1.95. The van der Waals surface area contributed by atoms with Crippen molar-refractivity contribution < 1.29 is 4.52 Å². The van der Waals surface area contributed by atoms with E-state index in [2.05, 4.69) is 26.1 Å². The molecule has 0 aliphatic heterocycles. The predicted molar refractivity (Wildman–Crippen MR) is 60.1 cm³/mol. The van der Waals surface area contributed by atoms with Crippen LogP contribution in [-0.2, 0) is 6.54 Å². The van der Waals surface area contributed by atoms with Crippen molar-refractivity contribution in [1.29, 1.82) is 0 Å². The third-order valence-corrected chi connectivity index (χ3v) is 2.70. The minimum absolute atomic E-state index is 0.260. The molecule has 0 saturated carbocycles. The Bertz CT molecular complexity index is 481. The standard InChI is InChI=1S/C10H10BrN3O/c1-6-2-3-8(11)7(4-6)10-13-9(5-12)15-14-10/h2-4H,5,12H2,1H3. The molecule has 2 rings (SSSR count). The molecule has 15 heavy (non-hydrogen) atoms. The fourth-order valence-electron chi connectivity index (χ4n) is 1.26. The van der Waals surface area contributed by atoms with E-state index in [1.54, 1.807) is 0 Å². The van der Waals surface area contributed by atoms with Crippen molar-refractivity contribution in [3.8, 4) is 11.4 Å². The predicted octanol–water partition coefficient (Wildman–Crippen LogP) is 2.27. The summed E-state index contributed by atoms with van der Waals surface area (Å²) in [6.07, 6.45) is 0. The number of hydrogen-bond acceptors (Lipinski definition) is 4. The molecular formula is C10H10BrN3O. The molecule has 0 unspecified atom stereocenters. The molecule has 1 heterocycles. The van der Waals surface area contributed by atoms with Crippen LogP contribution in [0, 0.1) is 6.92 Å². The summed E-state index contributed by atoms with van der Waals surface area (Å²) in [6.45, 7) is 2.27. The lowest BCUT2D eigenvalue weighted by atomic mass is 10.1. The van der Waals surface area contributed by atoms with E-state index in [-0.39, 0.29) is 6.54 Å². The number of rotatable bonds is 2. The van der Waals surface area contributed by atoms with E-state index >= 15 is 0 Å². The molecular weight excluding hydrogens is 258 g/mol. The molecule has 0 saturated heterocycles. The van der Waals surface area contributed by atoms with E-state index in [4.69, 9.17) is 10.3 Å². The van der Waals surface area contributed by atoms with Crippen molar-refractivity contribution in [3.63, 3.8) is 0 Å². The average Bonchev–Trinajstić information content (AvgIpc) is 2.70. The maximum atomic E-state index is 5.40. The van der Waals surface area contributed by atoms with Crippen molar-refractivity contribution >= 4 is 15.9 Å². The van der Waals surface area contributed by atoms with Gasteiger partial charge in [-0.15, -0.1) is 0 Å². The number of benzene rings is 1. The first-order valence-electron chi connectivity index (χ1n) is 4.50. The van der Waals surface area contributed by atoms with E-state index < -0.39 is 0 Å². The highest BCUT2D eigenvalue weighted by molar-refractivity contribution is 9.10. The van der Waals surface area contributed by atoms with Crippen LogP contribution in [0.2, 0.25) is 0 Å². The molecule has 0 aliphatic carbocycles. The van der Waals surface area contributed by atoms with Gasteiger partial charge in [-0.25, -0.2) is 0 Å². The van der Waals surface area contributed by atoms with E-state index in [0.717, 1.165) is 15.6 Å². The Labute approximate surface area is 95.6 Å². The number of aromatic nitrogens is 2. The quantitative estimate of drug-likeness (QED) is 0.907. The monoisotopic (exact) mass is 267 g/mol. The SMILES string of the molecule is Cc1ccc(Br)c(-c2noc(CN)n2)c1. The molecule has 0 atom stereocenters. The molecule has 0 spiro atoms. The van der Waals surface area contributed by atoms with Crippen molar-refractivity contribution in [1.82, 2.24) is 10.1 Å². The zero-order valence-electron chi connectivity index (χ0n) is 8.20. The Morgan fingerprint density at radius 2 is 2.27 bits per heavy atom. The van der Waals surface area contributed by atoms with E-state index in [9.17, 15) is 0 Å². The number of hydrogen-bond donors (Lipinski definition) is 1. The van der Waals surface area contributed by atoms with Crippen LogP contribution in [0.5, 0.6) is 0 Å². The van der Waals surface area contributed by atoms with Gasteiger partial charge in [0.05, 0.1) is 6.54 Å². The smallest absolute Gasteiger partial charge is 0.240 e. The minimum Gasteiger partial charge on any atom is -0.338 e. The van der Waals surface area contributed by atoms with Crippen LogP contribution in [0.4, 0.5) is 0 Å². The fraction of sp³-hybridized carbons (Fsp3) is 0.200. The summed E-state index contributed by atoms with van der Waals surface area (Å²) in [5.41, 5.74) is 7.46. The molecule has 0 radical (unpaired) electrons. The fourth-order valence-corrected chi connectivity index (χ4v) is 1.68. The van der Waals surface area contributed by atoms with Gasteiger partial charge in [0.2, 0.25) is 11.7 Å². The Morgan fingerprint density at radius 1 is 1.47 bits per heavy atom. The average molecular weight is 268 g/mol. The van der Waals surface area contributed by atoms with Gasteiger partial charge in [-0.3, -0.25) is 0 Å². The summed E-state index contributed by atoms with van der Waals surface area (Å²) in [5, 5.41) is 3.86. The molecule has 4 nitrogen and oxygen atoms in total. The largest absolute Gasteiger partial charge is 0.338 e. The van der Waals surface area contributed by atoms with Crippen LogP contribution in [-0.4, -0.2) is 10.1 Å². The van der Waals surface area contributed by atoms with E-state index in [1.165, 1.54) is 0 Å². The third-order valence-electron chi connectivity index (χ3n) is 2.01. The van der Waals surface area contributed by atoms with Gasteiger partial charge in [0, 0.05) is 10.0 Å². The van der Waals surface area contributed by atoms with Crippen LogP contribution >= 0.6 is 15.9 Å². The first-order valence-corrected chi connectivity index (χ1v) is 5.29. The number of nitrogens with two attached hydrogens (primary N) is 1. The summed E-state index contributed by atoms with van der Waals surface area (Å²) in [5.74, 6) is 1.00. The zero-order valence-corrected chi connectivity index (χ0v) is 9.78. The van der Waals surface area contributed by atoms with Crippen molar-refractivity contribution in [2.24, 2.45) is 5.73 Å². The maximum Gasteiger partial charge on any atom is 0.240 e. The van der Waals surface area contributed by atoms with Crippen molar-refractivity contribution in [3.05, 3.63) is 34.1 Å². The molecule has 1 aromatic carbocycles. The highest BCUT2D eigenvalue weighted by Crippen LogP contribution is 2.26. The summed E-state index contributed by atoms with van der Waals surface area (Å²) < 4.78 is 5.90. The molecule has 0 bridgehead atoms. The normalized spacial score (nSPS) is 10.6. The molecule has 1 aromatic heterocycles. The van der Waals surface area contributed by atoms with Gasteiger partial charge in [0.1, 0.15) is 0 Å². The van der Waals surface area contributed by atoms with Crippen LogP contribution in [0.1, 0.15) is 11.5 Å². The van der Waals surface area contributed by atoms with Crippen LogP contribution < -0.4 is 5.73 Å². The van der Waals surface area contributed by atoms with Gasteiger partial charge in [-0.1, -0.05) is 32.7 Å². The molecule has 5 heteroatoms. The second-order valence-corrected chi connectivity index (χ2v) is 4.05. The summed E-state index contributed by atoms with van der Waals surface area (Å²) >= 11 is 3.45. The summed E-state index contributed by atoms with van der Waals surface area (Å²) in [7, 11) is 0. The second kappa shape index (κ2) is 4.12. The van der Waals surface area contributed by atoms with Crippen molar-refractivity contribution in [2.75, 3.05) is 0 Å². The summed E-state index contributed by atoms with van der Waals surface area (Å²) in [4.78, 5) is 4.17. The number of halogens is 1. The van der Waals surface area contributed by atoms with Gasteiger partial charge in [0.15, 0.2) is 0 Å². The molecule has 2 aromatic rings. The van der Waals surface area contributed by atoms with Gasteiger partial charge in [-0.2, -0.15) is 4.98 Å². The van der Waals surface area contributed by atoms with Crippen molar-refractivity contribution in [2.45, 2.75) is 13.5 Å². The molecule has 0 amide bonds.